The lowest BCUT2D eigenvalue weighted by atomic mass is 10.0. The maximum Gasteiger partial charge on any atom is 0.303 e. The zero-order chi connectivity index (χ0) is 12.5. The molecule has 1 aliphatic carbocycles. The molecule has 1 aliphatic rings. The lowest BCUT2D eigenvalue weighted by molar-refractivity contribution is -0.138. The maximum atomic E-state index is 10.8. The first-order valence-electron chi connectivity index (χ1n) is 5.87. The Hall–Kier alpha value is -1.36. The van der Waals surface area contributed by atoms with Gasteiger partial charge in [-0.1, -0.05) is 0 Å². The average molecular weight is 237 g/mol. The molecule has 2 rings (SSSR count). The van der Waals surface area contributed by atoms with Crippen molar-refractivity contribution in [1.82, 2.24) is 14.5 Å². The second kappa shape index (κ2) is 4.49. The number of nitrogens with zero attached hydrogens (tertiary/aromatic N) is 3. The van der Waals surface area contributed by atoms with Gasteiger partial charge in [0.15, 0.2) is 0 Å². The molecule has 0 amide bonds. The first-order valence-corrected chi connectivity index (χ1v) is 5.87. The Kier molecular flexibility index (Phi) is 3.19. The Bertz CT molecular complexity index is 410. The second-order valence-electron chi connectivity index (χ2n) is 5.20. The fourth-order valence-electron chi connectivity index (χ4n) is 2.31. The number of aromatic nitrogens is 2. The predicted octanol–water partition coefficient (Wildman–Crippen LogP) is 1.11. The van der Waals surface area contributed by atoms with E-state index >= 15 is 0 Å². The number of hydrogen-bond acceptors (Lipinski definition) is 3. The first kappa shape index (κ1) is 12.1. The van der Waals surface area contributed by atoms with Crippen molar-refractivity contribution < 1.29 is 9.90 Å². The van der Waals surface area contributed by atoms with Crippen molar-refractivity contribution >= 4 is 5.97 Å². The van der Waals surface area contributed by atoms with Crippen molar-refractivity contribution in [2.24, 2.45) is 12.5 Å². The van der Waals surface area contributed by atoms with Crippen molar-refractivity contribution in [3.63, 3.8) is 0 Å². The van der Waals surface area contributed by atoms with E-state index in [0.29, 0.717) is 0 Å². The molecule has 1 saturated carbocycles. The summed E-state index contributed by atoms with van der Waals surface area (Å²) in [5.74, 6) is 0.325. The van der Waals surface area contributed by atoms with E-state index in [0.717, 1.165) is 31.8 Å². The highest BCUT2D eigenvalue weighted by Gasteiger charge is 2.45. The van der Waals surface area contributed by atoms with Crippen LogP contribution in [-0.4, -0.2) is 39.1 Å². The molecule has 1 N–H and O–H groups in total. The summed E-state index contributed by atoms with van der Waals surface area (Å²) < 4.78 is 1.99. The molecule has 0 aliphatic heterocycles. The zero-order valence-electron chi connectivity index (χ0n) is 10.4. The van der Waals surface area contributed by atoms with Crippen molar-refractivity contribution in [2.45, 2.75) is 25.8 Å². The minimum atomic E-state index is -0.687. The van der Waals surface area contributed by atoms with Gasteiger partial charge in [0, 0.05) is 26.0 Å². The van der Waals surface area contributed by atoms with Gasteiger partial charge in [-0.25, -0.2) is 4.98 Å². The van der Waals surface area contributed by atoms with Crippen LogP contribution in [0.5, 0.6) is 0 Å². The standard InChI is InChI=1S/C12H19N3O2/c1-14(8-10-13-5-6-15(10)2)9-12(3-4-12)7-11(16)17/h5-6H,3-4,7-9H2,1-2H3,(H,16,17). The van der Waals surface area contributed by atoms with Crippen LogP contribution in [-0.2, 0) is 18.4 Å². The van der Waals surface area contributed by atoms with Crippen LogP contribution in [0.15, 0.2) is 12.4 Å². The van der Waals surface area contributed by atoms with E-state index in [4.69, 9.17) is 5.11 Å². The predicted molar refractivity (Wildman–Crippen MR) is 63.5 cm³/mol. The van der Waals surface area contributed by atoms with Crippen molar-refractivity contribution in [3.05, 3.63) is 18.2 Å². The van der Waals surface area contributed by atoms with Gasteiger partial charge in [-0.05, 0) is 25.3 Å². The summed E-state index contributed by atoms with van der Waals surface area (Å²) in [7, 11) is 4.00. The summed E-state index contributed by atoms with van der Waals surface area (Å²) in [4.78, 5) is 17.2. The normalized spacial score (nSPS) is 17.4. The Morgan fingerprint density at radius 2 is 2.35 bits per heavy atom. The van der Waals surface area contributed by atoms with E-state index in [1.54, 1.807) is 6.20 Å². The van der Waals surface area contributed by atoms with Crippen LogP contribution < -0.4 is 0 Å². The molecule has 1 fully saturated rings. The van der Waals surface area contributed by atoms with E-state index in [9.17, 15) is 4.79 Å². The molecule has 5 nitrogen and oxygen atoms in total. The molecule has 17 heavy (non-hydrogen) atoms. The first-order chi connectivity index (χ1) is 8.01. The summed E-state index contributed by atoms with van der Waals surface area (Å²) in [5.41, 5.74) is 0.0196. The highest BCUT2D eigenvalue weighted by atomic mass is 16.4. The molecule has 5 heteroatoms. The lowest BCUT2D eigenvalue weighted by Gasteiger charge is -2.22. The number of carboxylic acid groups (broad SMARTS) is 1. The molecule has 0 bridgehead atoms. The molecule has 0 unspecified atom stereocenters. The molecule has 1 aromatic heterocycles. The van der Waals surface area contributed by atoms with Gasteiger partial charge in [0.05, 0.1) is 13.0 Å². The fraction of sp³-hybridized carbons (Fsp3) is 0.667. The van der Waals surface area contributed by atoms with E-state index in [2.05, 4.69) is 9.88 Å². The average Bonchev–Trinajstić information content (AvgIpc) is 2.82. The third-order valence-corrected chi connectivity index (χ3v) is 3.42. The summed E-state index contributed by atoms with van der Waals surface area (Å²) in [5, 5.41) is 8.87. The summed E-state index contributed by atoms with van der Waals surface area (Å²) in [6.07, 6.45) is 6.06. The Morgan fingerprint density at radius 3 is 2.82 bits per heavy atom. The maximum absolute atomic E-state index is 10.8. The highest BCUT2D eigenvalue weighted by molar-refractivity contribution is 5.68. The lowest BCUT2D eigenvalue weighted by Crippen LogP contribution is -2.29. The Morgan fingerprint density at radius 1 is 1.65 bits per heavy atom. The smallest absolute Gasteiger partial charge is 0.303 e. The fourth-order valence-corrected chi connectivity index (χ4v) is 2.31. The van der Waals surface area contributed by atoms with Crippen LogP contribution in [0.4, 0.5) is 0 Å². The molecule has 0 aromatic carbocycles. The second-order valence-corrected chi connectivity index (χ2v) is 5.20. The number of aliphatic carboxylic acids is 1. The van der Waals surface area contributed by atoms with Crippen LogP contribution in [0.2, 0.25) is 0 Å². The zero-order valence-corrected chi connectivity index (χ0v) is 10.4. The number of hydrogen-bond donors (Lipinski definition) is 1. The van der Waals surface area contributed by atoms with E-state index < -0.39 is 5.97 Å². The van der Waals surface area contributed by atoms with Crippen LogP contribution in [0.3, 0.4) is 0 Å². The molecule has 0 saturated heterocycles. The molecule has 1 aromatic rings. The van der Waals surface area contributed by atoms with Gasteiger partial charge in [-0.15, -0.1) is 0 Å². The summed E-state index contributed by atoms with van der Waals surface area (Å²) >= 11 is 0. The third kappa shape index (κ3) is 3.06. The third-order valence-electron chi connectivity index (χ3n) is 3.42. The minimum Gasteiger partial charge on any atom is -0.481 e. The number of rotatable bonds is 6. The van der Waals surface area contributed by atoms with Crippen LogP contribution >= 0.6 is 0 Å². The van der Waals surface area contributed by atoms with Gasteiger partial charge < -0.3 is 9.67 Å². The van der Waals surface area contributed by atoms with Crippen molar-refractivity contribution in [3.8, 4) is 0 Å². The number of imidazole rings is 1. The molecule has 1 heterocycles. The van der Waals surface area contributed by atoms with Crippen LogP contribution in [0.1, 0.15) is 25.1 Å². The van der Waals surface area contributed by atoms with Gasteiger partial charge >= 0.3 is 5.97 Å². The van der Waals surface area contributed by atoms with Gasteiger partial charge in [0.25, 0.3) is 0 Å². The van der Waals surface area contributed by atoms with Crippen molar-refractivity contribution in [2.75, 3.05) is 13.6 Å². The van der Waals surface area contributed by atoms with Crippen molar-refractivity contribution in [1.29, 1.82) is 0 Å². The van der Waals surface area contributed by atoms with E-state index in [1.807, 2.05) is 24.9 Å². The molecular formula is C12H19N3O2. The van der Waals surface area contributed by atoms with Gasteiger partial charge in [0.2, 0.25) is 0 Å². The molecule has 94 valence electrons. The summed E-state index contributed by atoms with van der Waals surface area (Å²) in [6, 6.07) is 0. The largest absolute Gasteiger partial charge is 0.481 e. The SMILES string of the molecule is CN(Cc1nccn1C)CC1(CC(=O)O)CC1. The molecule has 0 radical (unpaired) electrons. The highest BCUT2D eigenvalue weighted by Crippen LogP contribution is 2.49. The number of carbonyl (C=O) groups is 1. The number of carboxylic acids is 1. The van der Waals surface area contributed by atoms with Crippen LogP contribution in [0.25, 0.3) is 0 Å². The minimum absolute atomic E-state index is 0.0196. The van der Waals surface area contributed by atoms with Gasteiger partial charge in [0.1, 0.15) is 5.82 Å². The van der Waals surface area contributed by atoms with Gasteiger partial charge in [-0.3, -0.25) is 9.69 Å². The number of aryl methyl sites for hydroxylation is 1. The van der Waals surface area contributed by atoms with Gasteiger partial charge in [-0.2, -0.15) is 0 Å². The summed E-state index contributed by atoms with van der Waals surface area (Å²) in [6.45, 7) is 1.61. The van der Waals surface area contributed by atoms with Crippen LogP contribution in [0, 0.1) is 5.41 Å². The van der Waals surface area contributed by atoms with E-state index in [-0.39, 0.29) is 11.8 Å². The molecule has 0 spiro atoms. The Balaban J connectivity index is 1.87. The molecule has 0 atom stereocenters. The molecular weight excluding hydrogens is 218 g/mol. The Labute approximate surface area is 101 Å². The monoisotopic (exact) mass is 237 g/mol. The van der Waals surface area contributed by atoms with E-state index in [1.165, 1.54) is 0 Å². The quantitative estimate of drug-likeness (QED) is 0.805. The topological polar surface area (TPSA) is 58.4 Å².